The van der Waals surface area contributed by atoms with Gasteiger partial charge in [0.25, 0.3) is 0 Å². The molecule has 0 heterocycles. The fourth-order valence-corrected chi connectivity index (χ4v) is 1.94. The van der Waals surface area contributed by atoms with Crippen LogP contribution in [0.15, 0.2) is 12.7 Å². The molecule has 3 unspecified atom stereocenters. The molecule has 20 heavy (non-hydrogen) atoms. The molecule has 0 aromatic carbocycles. The molecule has 0 saturated heterocycles. The summed E-state index contributed by atoms with van der Waals surface area (Å²) in [5.74, 6) is -0.456. The topological polar surface area (TPSA) is 65.0 Å². The van der Waals surface area contributed by atoms with Gasteiger partial charge in [-0.25, -0.2) is 4.79 Å². The summed E-state index contributed by atoms with van der Waals surface area (Å²) in [5.41, 5.74) is -0.407. The standard InChI is InChI=1S/C15H28O5/c1-7-14(17)19-9-12(3)18-10-13(4)20-15(5,6)8-11(2)16/h7,11-13,16H,1,8-10H2,2-6H3. The van der Waals surface area contributed by atoms with Gasteiger partial charge in [0, 0.05) is 12.5 Å². The largest absolute Gasteiger partial charge is 0.460 e. The van der Waals surface area contributed by atoms with Crippen molar-refractivity contribution in [2.75, 3.05) is 13.2 Å². The first-order chi connectivity index (χ1) is 9.16. The van der Waals surface area contributed by atoms with Gasteiger partial charge in [-0.05, 0) is 34.6 Å². The summed E-state index contributed by atoms with van der Waals surface area (Å²) in [6.07, 6.45) is 0.961. The van der Waals surface area contributed by atoms with Crippen LogP contribution in [0.25, 0.3) is 0 Å². The van der Waals surface area contributed by atoms with Gasteiger partial charge in [0.2, 0.25) is 0 Å². The molecule has 0 fully saturated rings. The summed E-state index contributed by atoms with van der Waals surface area (Å²) in [4.78, 5) is 10.9. The lowest BCUT2D eigenvalue weighted by atomic mass is 10.0. The van der Waals surface area contributed by atoms with Crippen LogP contribution >= 0.6 is 0 Å². The Bertz CT molecular complexity index is 299. The maximum Gasteiger partial charge on any atom is 0.330 e. The summed E-state index contributed by atoms with van der Waals surface area (Å²) >= 11 is 0. The molecular weight excluding hydrogens is 260 g/mol. The maximum atomic E-state index is 10.9. The molecule has 0 radical (unpaired) electrons. The van der Waals surface area contributed by atoms with Crippen LogP contribution in [0.3, 0.4) is 0 Å². The van der Waals surface area contributed by atoms with Gasteiger partial charge in [-0.2, -0.15) is 0 Å². The third-order valence-corrected chi connectivity index (χ3v) is 2.55. The highest BCUT2D eigenvalue weighted by Crippen LogP contribution is 2.19. The fourth-order valence-electron chi connectivity index (χ4n) is 1.94. The minimum absolute atomic E-state index is 0.110. The Hall–Kier alpha value is -0.910. The lowest BCUT2D eigenvalue weighted by molar-refractivity contribution is -0.145. The Morgan fingerprint density at radius 1 is 1.25 bits per heavy atom. The van der Waals surface area contributed by atoms with Crippen LogP contribution in [0, 0.1) is 0 Å². The molecule has 5 heteroatoms. The molecule has 0 spiro atoms. The molecule has 0 aromatic heterocycles. The van der Waals surface area contributed by atoms with Gasteiger partial charge < -0.3 is 19.3 Å². The van der Waals surface area contributed by atoms with Gasteiger partial charge in [0.15, 0.2) is 0 Å². The number of rotatable bonds is 10. The van der Waals surface area contributed by atoms with E-state index in [4.69, 9.17) is 14.2 Å². The van der Waals surface area contributed by atoms with Crippen LogP contribution < -0.4 is 0 Å². The van der Waals surface area contributed by atoms with Crippen LogP contribution in [-0.4, -0.2) is 48.2 Å². The Labute approximate surface area is 121 Å². The lowest BCUT2D eigenvalue weighted by Gasteiger charge is -2.30. The highest BCUT2D eigenvalue weighted by Gasteiger charge is 2.24. The lowest BCUT2D eigenvalue weighted by Crippen LogP contribution is -2.35. The summed E-state index contributed by atoms with van der Waals surface area (Å²) in [6.45, 7) is 13.3. The smallest absolute Gasteiger partial charge is 0.330 e. The number of carbonyl (C=O) groups is 1. The van der Waals surface area contributed by atoms with Gasteiger partial charge >= 0.3 is 5.97 Å². The van der Waals surface area contributed by atoms with Gasteiger partial charge in [-0.3, -0.25) is 0 Å². The van der Waals surface area contributed by atoms with Crippen LogP contribution in [0.5, 0.6) is 0 Å². The molecule has 0 aliphatic heterocycles. The van der Waals surface area contributed by atoms with E-state index in [0.29, 0.717) is 13.0 Å². The summed E-state index contributed by atoms with van der Waals surface area (Å²) in [6, 6.07) is 0. The average Bonchev–Trinajstić information content (AvgIpc) is 2.30. The summed E-state index contributed by atoms with van der Waals surface area (Å²) < 4.78 is 16.3. The molecule has 118 valence electrons. The van der Waals surface area contributed by atoms with Crippen molar-refractivity contribution in [3.63, 3.8) is 0 Å². The van der Waals surface area contributed by atoms with Gasteiger partial charge in [0.05, 0.1) is 30.5 Å². The zero-order chi connectivity index (χ0) is 15.8. The van der Waals surface area contributed by atoms with E-state index in [2.05, 4.69) is 6.58 Å². The number of hydrogen-bond donors (Lipinski definition) is 1. The van der Waals surface area contributed by atoms with Crippen molar-refractivity contribution < 1.29 is 24.1 Å². The molecule has 0 rings (SSSR count). The van der Waals surface area contributed by atoms with E-state index in [9.17, 15) is 9.90 Å². The molecule has 0 aliphatic rings. The second kappa shape index (κ2) is 9.10. The van der Waals surface area contributed by atoms with E-state index < -0.39 is 17.7 Å². The highest BCUT2D eigenvalue weighted by atomic mass is 16.6. The molecule has 5 nitrogen and oxygen atoms in total. The molecule has 0 bridgehead atoms. The van der Waals surface area contributed by atoms with E-state index in [-0.39, 0.29) is 18.8 Å². The number of esters is 1. The van der Waals surface area contributed by atoms with Crippen molar-refractivity contribution in [2.24, 2.45) is 0 Å². The average molecular weight is 288 g/mol. The third kappa shape index (κ3) is 9.95. The summed E-state index contributed by atoms with van der Waals surface area (Å²) in [5, 5.41) is 9.40. The van der Waals surface area contributed by atoms with Crippen molar-refractivity contribution in [1.82, 2.24) is 0 Å². The predicted molar refractivity (Wildman–Crippen MR) is 77.5 cm³/mol. The van der Waals surface area contributed by atoms with Crippen LogP contribution in [0.1, 0.15) is 41.0 Å². The number of carbonyl (C=O) groups excluding carboxylic acids is 1. The third-order valence-electron chi connectivity index (χ3n) is 2.55. The zero-order valence-corrected chi connectivity index (χ0v) is 13.2. The Balaban J connectivity index is 3.94. The SMILES string of the molecule is C=CC(=O)OCC(C)OCC(C)OC(C)(C)CC(C)O. The zero-order valence-electron chi connectivity index (χ0n) is 13.2. The fraction of sp³-hybridized carbons (Fsp3) is 0.800. The van der Waals surface area contributed by atoms with Crippen LogP contribution in [0.4, 0.5) is 0 Å². The molecule has 0 amide bonds. The molecule has 3 atom stereocenters. The second-order valence-corrected chi connectivity index (χ2v) is 5.72. The first-order valence-electron chi connectivity index (χ1n) is 6.93. The van der Waals surface area contributed by atoms with E-state index in [1.807, 2.05) is 27.7 Å². The normalized spacial score (nSPS) is 16.3. The number of aliphatic hydroxyl groups excluding tert-OH is 1. The minimum atomic E-state index is -0.456. The van der Waals surface area contributed by atoms with Crippen LogP contribution in [0.2, 0.25) is 0 Å². The quantitative estimate of drug-likeness (QED) is 0.492. The molecule has 0 aliphatic carbocycles. The van der Waals surface area contributed by atoms with E-state index in [1.165, 1.54) is 0 Å². The Morgan fingerprint density at radius 3 is 2.35 bits per heavy atom. The van der Waals surface area contributed by atoms with E-state index >= 15 is 0 Å². The second-order valence-electron chi connectivity index (χ2n) is 5.72. The maximum absolute atomic E-state index is 10.9. The van der Waals surface area contributed by atoms with Crippen molar-refractivity contribution in [3.8, 4) is 0 Å². The molecule has 0 saturated carbocycles. The van der Waals surface area contributed by atoms with Crippen molar-refractivity contribution >= 4 is 5.97 Å². The minimum Gasteiger partial charge on any atom is -0.460 e. The first-order valence-corrected chi connectivity index (χ1v) is 6.93. The number of hydrogen-bond acceptors (Lipinski definition) is 5. The van der Waals surface area contributed by atoms with Gasteiger partial charge in [-0.15, -0.1) is 0 Å². The van der Waals surface area contributed by atoms with E-state index in [0.717, 1.165) is 6.08 Å². The Morgan fingerprint density at radius 2 is 1.85 bits per heavy atom. The molecule has 1 N–H and O–H groups in total. The monoisotopic (exact) mass is 288 g/mol. The number of ether oxygens (including phenoxy) is 3. The highest BCUT2D eigenvalue weighted by molar-refractivity contribution is 5.81. The van der Waals surface area contributed by atoms with Crippen molar-refractivity contribution in [1.29, 1.82) is 0 Å². The van der Waals surface area contributed by atoms with Gasteiger partial charge in [0.1, 0.15) is 6.61 Å². The van der Waals surface area contributed by atoms with Crippen molar-refractivity contribution in [2.45, 2.75) is 65.0 Å². The predicted octanol–water partition coefficient (Wildman–Crippen LogP) is 2.08. The number of aliphatic hydroxyl groups is 1. The Kier molecular flexibility index (Phi) is 8.69. The first kappa shape index (κ1) is 19.1. The van der Waals surface area contributed by atoms with Crippen LogP contribution in [-0.2, 0) is 19.0 Å². The van der Waals surface area contributed by atoms with Gasteiger partial charge in [-0.1, -0.05) is 6.58 Å². The van der Waals surface area contributed by atoms with Crippen molar-refractivity contribution in [3.05, 3.63) is 12.7 Å². The molecule has 0 aromatic rings. The van der Waals surface area contributed by atoms with E-state index in [1.54, 1.807) is 6.92 Å². The molecular formula is C15H28O5. The summed E-state index contributed by atoms with van der Waals surface area (Å²) in [7, 11) is 0.